The van der Waals surface area contributed by atoms with Crippen LogP contribution in [0.3, 0.4) is 0 Å². The minimum absolute atomic E-state index is 0.270. The van der Waals surface area contributed by atoms with Crippen LogP contribution >= 0.6 is 15.9 Å². The van der Waals surface area contributed by atoms with Crippen LogP contribution < -0.4 is 10.6 Å². The lowest BCUT2D eigenvalue weighted by atomic mass is 10.0. The van der Waals surface area contributed by atoms with Crippen LogP contribution in [0.1, 0.15) is 25.8 Å². The third kappa shape index (κ3) is 2.11. The molecule has 0 amide bonds. The van der Waals surface area contributed by atoms with Crippen LogP contribution in [0.4, 0.5) is 5.69 Å². The van der Waals surface area contributed by atoms with Crippen molar-refractivity contribution in [3.63, 3.8) is 0 Å². The molecule has 0 radical (unpaired) electrons. The fraction of sp³-hybridized carbons (Fsp3) is 0.538. The van der Waals surface area contributed by atoms with Gasteiger partial charge in [0.2, 0.25) is 0 Å². The zero-order chi connectivity index (χ0) is 11.7. The van der Waals surface area contributed by atoms with E-state index in [2.05, 4.69) is 52.9 Å². The van der Waals surface area contributed by atoms with Crippen molar-refractivity contribution in [2.45, 2.75) is 38.8 Å². The SMILES string of the molecule is CCN1c2cccc(Br)c2CC1CC(C)N. The minimum Gasteiger partial charge on any atom is -0.368 e. The largest absolute Gasteiger partial charge is 0.368 e. The molecule has 1 heterocycles. The molecule has 1 aliphatic rings. The molecule has 0 aromatic heterocycles. The summed E-state index contributed by atoms with van der Waals surface area (Å²) in [4.78, 5) is 2.48. The van der Waals surface area contributed by atoms with Gasteiger partial charge >= 0.3 is 0 Å². The maximum absolute atomic E-state index is 5.92. The monoisotopic (exact) mass is 282 g/mol. The van der Waals surface area contributed by atoms with Crippen molar-refractivity contribution in [2.75, 3.05) is 11.4 Å². The smallest absolute Gasteiger partial charge is 0.0413 e. The van der Waals surface area contributed by atoms with E-state index in [1.807, 2.05) is 0 Å². The molecule has 1 aromatic rings. The molecule has 1 aromatic carbocycles. The van der Waals surface area contributed by atoms with E-state index in [0.29, 0.717) is 6.04 Å². The molecule has 2 N–H and O–H groups in total. The first kappa shape index (κ1) is 11.9. The van der Waals surface area contributed by atoms with Crippen molar-refractivity contribution in [1.82, 2.24) is 0 Å². The summed E-state index contributed by atoms with van der Waals surface area (Å²) in [5.74, 6) is 0. The second-order valence-electron chi connectivity index (χ2n) is 4.59. The van der Waals surface area contributed by atoms with Gasteiger partial charge < -0.3 is 10.6 Å². The summed E-state index contributed by atoms with van der Waals surface area (Å²) in [6.07, 6.45) is 2.18. The number of hydrogen-bond acceptors (Lipinski definition) is 2. The van der Waals surface area contributed by atoms with E-state index in [0.717, 1.165) is 19.4 Å². The van der Waals surface area contributed by atoms with E-state index in [4.69, 9.17) is 5.73 Å². The Morgan fingerprint density at radius 2 is 2.31 bits per heavy atom. The molecular formula is C13H19BrN2. The highest BCUT2D eigenvalue weighted by Crippen LogP contribution is 2.37. The van der Waals surface area contributed by atoms with Gasteiger partial charge in [-0.1, -0.05) is 22.0 Å². The van der Waals surface area contributed by atoms with Crippen LogP contribution in [0.2, 0.25) is 0 Å². The lowest BCUT2D eigenvalue weighted by molar-refractivity contribution is 0.529. The highest BCUT2D eigenvalue weighted by molar-refractivity contribution is 9.10. The topological polar surface area (TPSA) is 29.3 Å². The molecule has 2 unspecified atom stereocenters. The Morgan fingerprint density at radius 1 is 1.56 bits per heavy atom. The van der Waals surface area contributed by atoms with E-state index in [9.17, 15) is 0 Å². The van der Waals surface area contributed by atoms with Crippen LogP contribution in [0.5, 0.6) is 0 Å². The number of nitrogens with two attached hydrogens (primary N) is 1. The molecule has 16 heavy (non-hydrogen) atoms. The van der Waals surface area contributed by atoms with Gasteiger partial charge in [0.05, 0.1) is 0 Å². The number of rotatable bonds is 3. The van der Waals surface area contributed by atoms with Crippen LogP contribution in [0.15, 0.2) is 22.7 Å². The number of anilines is 1. The average molecular weight is 283 g/mol. The number of likely N-dealkylation sites (N-methyl/N-ethyl adjacent to an activating group) is 1. The molecule has 2 atom stereocenters. The van der Waals surface area contributed by atoms with Gasteiger partial charge in [-0.3, -0.25) is 0 Å². The molecule has 0 bridgehead atoms. The summed E-state index contributed by atoms with van der Waals surface area (Å²) >= 11 is 3.64. The summed E-state index contributed by atoms with van der Waals surface area (Å²) < 4.78 is 1.23. The molecule has 0 fully saturated rings. The van der Waals surface area contributed by atoms with Crippen LogP contribution in [-0.2, 0) is 6.42 Å². The molecule has 88 valence electrons. The fourth-order valence-corrected chi connectivity index (χ4v) is 3.15. The number of fused-ring (bicyclic) bond motifs is 1. The summed E-state index contributed by atoms with van der Waals surface area (Å²) in [5.41, 5.74) is 8.74. The van der Waals surface area contributed by atoms with Crippen LogP contribution in [-0.4, -0.2) is 18.6 Å². The Labute approximate surface area is 106 Å². The highest BCUT2D eigenvalue weighted by atomic mass is 79.9. The predicted molar refractivity (Wildman–Crippen MR) is 72.9 cm³/mol. The molecule has 2 nitrogen and oxygen atoms in total. The first-order valence-electron chi connectivity index (χ1n) is 5.93. The average Bonchev–Trinajstić information content (AvgIpc) is 2.56. The number of hydrogen-bond donors (Lipinski definition) is 1. The van der Waals surface area contributed by atoms with Gasteiger partial charge in [-0.2, -0.15) is 0 Å². The molecule has 0 saturated carbocycles. The Balaban J connectivity index is 2.28. The van der Waals surface area contributed by atoms with Crippen molar-refractivity contribution >= 4 is 21.6 Å². The maximum Gasteiger partial charge on any atom is 0.0413 e. The van der Waals surface area contributed by atoms with E-state index < -0.39 is 0 Å². The van der Waals surface area contributed by atoms with Crippen molar-refractivity contribution in [3.05, 3.63) is 28.2 Å². The van der Waals surface area contributed by atoms with Gasteiger partial charge in [0, 0.05) is 28.8 Å². The van der Waals surface area contributed by atoms with Gasteiger partial charge in [0.15, 0.2) is 0 Å². The second kappa shape index (κ2) is 4.76. The van der Waals surface area contributed by atoms with Gasteiger partial charge in [-0.25, -0.2) is 0 Å². The third-order valence-electron chi connectivity index (χ3n) is 3.27. The van der Waals surface area contributed by atoms with Crippen molar-refractivity contribution in [1.29, 1.82) is 0 Å². The quantitative estimate of drug-likeness (QED) is 0.924. The lowest BCUT2D eigenvalue weighted by Crippen LogP contribution is -2.36. The molecule has 0 aliphatic carbocycles. The Hall–Kier alpha value is -0.540. The van der Waals surface area contributed by atoms with Crippen molar-refractivity contribution in [3.8, 4) is 0 Å². The summed E-state index contributed by atoms with van der Waals surface area (Å²) in [5, 5.41) is 0. The van der Waals surface area contributed by atoms with Crippen molar-refractivity contribution < 1.29 is 0 Å². The molecule has 0 saturated heterocycles. The normalized spacial score (nSPS) is 21.0. The molecule has 3 heteroatoms. The summed E-state index contributed by atoms with van der Waals surface area (Å²) in [6.45, 7) is 5.36. The zero-order valence-electron chi connectivity index (χ0n) is 9.91. The Kier molecular flexibility index (Phi) is 3.55. The van der Waals surface area contributed by atoms with E-state index in [1.54, 1.807) is 0 Å². The first-order chi connectivity index (χ1) is 7.63. The van der Waals surface area contributed by atoms with Gasteiger partial charge in [-0.15, -0.1) is 0 Å². The van der Waals surface area contributed by atoms with E-state index in [1.165, 1.54) is 15.7 Å². The minimum atomic E-state index is 0.270. The Morgan fingerprint density at radius 3 is 2.94 bits per heavy atom. The molecule has 2 rings (SSSR count). The highest BCUT2D eigenvalue weighted by Gasteiger charge is 2.29. The molecular weight excluding hydrogens is 264 g/mol. The number of benzene rings is 1. The molecule has 0 spiro atoms. The van der Waals surface area contributed by atoms with Gasteiger partial charge in [0.25, 0.3) is 0 Å². The zero-order valence-corrected chi connectivity index (χ0v) is 11.5. The molecule has 1 aliphatic heterocycles. The fourth-order valence-electron chi connectivity index (χ4n) is 2.63. The lowest BCUT2D eigenvalue weighted by Gasteiger charge is -2.27. The van der Waals surface area contributed by atoms with E-state index >= 15 is 0 Å². The second-order valence-corrected chi connectivity index (χ2v) is 5.45. The van der Waals surface area contributed by atoms with Crippen LogP contribution in [0.25, 0.3) is 0 Å². The third-order valence-corrected chi connectivity index (χ3v) is 4.01. The number of halogens is 1. The summed E-state index contributed by atoms with van der Waals surface area (Å²) in [7, 11) is 0. The standard InChI is InChI=1S/C13H19BrN2/c1-3-16-10(7-9(2)15)8-11-12(14)5-4-6-13(11)16/h4-6,9-10H,3,7-8,15H2,1-2H3. The van der Waals surface area contributed by atoms with Crippen LogP contribution in [0, 0.1) is 0 Å². The maximum atomic E-state index is 5.92. The first-order valence-corrected chi connectivity index (χ1v) is 6.72. The van der Waals surface area contributed by atoms with E-state index in [-0.39, 0.29) is 6.04 Å². The predicted octanol–water partition coefficient (Wildman–Crippen LogP) is 2.94. The van der Waals surface area contributed by atoms with Gasteiger partial charge in [0.1, 0.15) is 0 Å². The van der Waals surface area contributed by atoms with Crippen molar-refractivity contribution in [2.24, 2.45) is 5.73 Å². The number of nitrogens with zero attached hydrogens (tertiary/aromatic N) is 1. The Bertz CT molecular complexity index is 376. The summed E-state index contributed by atoms with van der Waals surface area (Å²) in [6, 6.07) is 7.29. The van der Waals surface area contributed by atoms with Gasteiger partial charge in [-0.05, 0) is 44.4 Å².